The molecule has 10 heavy (non-hydrogen) atoms. The zero-order valence-electron chi connectivity index (χ0n) is 6.44. The second kappa shape index (κ2) is 6.30. The first-order chi connectivity index (χ1) is 4.43. The molecular formula is C7H15N2Re-. The van der Waals surface area contributed by atoms with Crippen molar-refractivity contribution in [3.05, 3.63) is 6.42 Å². The first kappa shape index (κ1) is 10.6. The fraction of sp³-hybridized carbons (Fsp3) is 0.857. The minimum atomic E-state index is 0. The fourth-order valence-electron chi connectivity index (χ4n) is 1.07. The molecule has 1 saturated heterocycles. The Balaban J connectivity index is 0.000000810. The summed E-state index contributed by atoms with van der Waals surface area (Å²) in [6.45, 7) is 7.97. The van der Waals surface area contributed by atoms with Gasteiger partial charge in [0.1, 0.15) is 0 Å². The Kier molecular flexibility index (Phi) is 6.67. The van der Waals surface area contributed by atoms with Crippen LogP contribution in [0.2, 0.25) is 0 Å². The maximum atomic E-state index is 3.31. The molecule has 1 fully saturated rings. The third-order valence-electron chi connectivity index (χ3n) is 1.73. The predicted octanol–water partition coefficient (Wildman–Crippen LogP) is 0.113. The van der Waals surface area contributed by atoms with Gasteiger partial charge >= 0.3 is 0 Å². The van der Waals surface area contributed by atoms with Crippen LogP contribution in [-0.2, 0) is 20.4 Å². The van der Waals surface area contributed by atoms with Gasteiger partial charge in [0.2, 0.25) is 0 Å². The molecule has 0 bridgehead atoms. The molecule has 1 aliphatic heterocycles. The van der Waals surface area contributed by atoms with E-state index in [2.05, 4.69) is 23.6 Å². The van der Waals surface area contributed by atoms with Gasteiger partial charge in [-0.05, 0) is 6.54 Å². The summed E-state index contributed by atoms with van der Waals surface area (Å²) in [7, 11) is 0. The van der Waals surface area contributed by atoms with E-state index < -0.39 is 0 Å². The molecule has 0 aromatic rings. The number of hydrogen-bond acceptors (Lipinski definition) is 2. The second-order valence-corrected chi connectivity index (χ2v) is 2.39. The second-order valence-electron chi connectivity index (χ2n) is 2.39. The van der Waals surface area contributed by atoms with Gasteiger partial charge in [-0.2, -0.15) is 0 Å². The summed E-state index contributed by atoms with van der Waals surface area (Å²) in [6, 6.07) is 0. The van der Waals surface area contributed by atoms with Gasteiger partial charge in [0.25, 0.3) is 0 Å². The molecule has 3 heteroatoms. The van der Waals surface area contributed by atoms with Gasteiger partial charge in [-0.15, -0.1) is 13.1 Å². The number of nitrogens with one attached hydrogen (secondary N) is 1. The molecule has 61 valence electrons. The first-order valence-electron chi connectivity index (χ1n) is 3.68. The van der Waals surface area contributed by atoms with Gasteiger partial charge in [0, 0.05) is 33.5 Å². The molecule has 2 nitrogen and oxygen atoms in total. The molecule has 0 saturated carbocycles. The topological polar surface area (TPSA) is 15.3 Å². The number of hydrogen-bond donors (Lipinski definition) is 1. The third kappa shape index (κ3) is 3.68. The molecule has 0 amide bonds. The first-order valence-corrected chi connectivity index (χ1v) is 3.68. The summed E-state index contributed by atoms with van der Waals surface area (Å²) in [5.41, 5.74) is 0. The molecule has 1 radical (unpaired) electrons. The minimum absolute atomic E-state index is 0. The van der Waals surface area contributed by atoms with Crippen molar-refractivity contribution >= 4 is 0 Å². The zero-order chi connectivity index (χ0) is 6.53. The molecule has 1 aliphatic rings. The molecule has 1 heterocycles. The normalized spacial score (nSPS) is 21.3. The molecule has 0 aliphatic carbocycles. The Hall–Kier alpha value is 0.582. The van der Waals surface area contributed by atoms with Crippen molar-refractivity contribution in [3.63, 3.8) is 0 Å². The van der Waals surface area contributed by atoms with Crippen molar-refractivity contribution in [2.75, 3.05) is 32.7 Å². The Morgan fingerprint density at radius 3 is 3.10 bits per heavy atom. The van der Waals surface area contributed by atoms with Gasteiger partial charge in [0.05, 0.1) is 0 Å². The molecule has 1 N–H and O–H groups in total. The van der Waals surface area contributed by atoms with Crippen LogP contribution in [0, 0.1) is 6.42 Å². The number of likely N-dealkylation sites (N-methyl/N-ethyl adjacent to an activating group) is 1. The smallest absolute Gasteiger partial charge is 0.00772 e. The average molecular weight is 313 g/mol. The van der Waals surface area contributed by atoms with Crippen LogP contribution in [0.1, 0.15) is 6.92 Å². The van der Waals surface area contributed by atoms with E-state index in [0.29, 0.717) is 0 Å². The molecule has 0 aromatic carbocycles. The molecule has 1 rings (SSSR count). The van der Waals surface area contributed by atoms with Crippen molar-refractivity contribution in [1.82, 2.24) is 10.2 Å². The van der Waals surface area contributed by atoms with E-state index in [4.69, 9.17) is 0 Å². The van der Waals surface area contributed by atoms with Crippen LogP contribution < -0.4 is 5.32 Å². The standard InChI is InChI=1S/C7H15N2.Re/c1-2-9-6-3-4-8-5-7-9;/h3,8H,2,4-7H2,1H3;/q-1;. The summed E-state index contributed by atoms with van der Waals surface area (Å²) in [5.74, 6) is 0. The van der Waals surface area contributed by atoms with Crippen molar-refractivity contribution in [2.24, 2.45) is 0 Å². The van der Waals surface area contributed by atoms with Gasteiger partial charge < -0.3 is 16.6 Å². The monoisotopic (exact) mass is 314 g/mol. The molecule has 0 spiro atoms. The number of nitrogens with zero attached hydrogens (tertiary/aromatic N) is 1. The van der Waals surface area contributed by atoms with E-state index in [9.17, 15) is 0 Å². The largest absolute Gasteiger partial charge is 0.345 e. The maximum absolute atomic E-state index is 3.31. The van der Waals surface area contributed by atoms with Crippen molar-refractivity contribution in [2.45, 2.75) is 6.92 Å². The summed E-state index contributed by atoms with van der Waals surface area (Å²) in [5, 5.41) is 3.31. The van der Waals surface area contributed by atoms with Crippen LogP contribution in [0.3, 0.4) is 0 Å². The van der Waals surface area contributed by atoms with Crippen LogP contribution in [0.15, 0.2) is 0 Å². The van der Waals surface area contributed by atoms with Crippen molar-refractivity contribution < 1.29 is 20.4 Å². The number of rotatable bonds is 1. The average Bonchev–Trinajstić information content (AvgIpc) is 2.13. The summed E-state index contributed by atoms with van der Waals surface area (Å²) >= 11 is 0. The molecule has 0 unspecified atom stereocenters. The summed E-state index contributed by atoms with van der Waals surface area (Å²) in [6.07, 6.45) is 2.29. The zero-order valence-corrected chi connectivity index (χ0v) is 9.15. The quantitative estimate of drug-likeness (QED) is 0.692. The van der Waals surface area contributed by atoms with Crippen molar-refractivity contribution in [3.8, 4) is 0 Å². The Bertz CT molecular complexity index is 70.0. The summed E-state index contributed by atoms with van der Waals surface area (Å²) in [4.78, 5) is 2.43. The van der Waals surface area contributed by atoms with Crippen LogP contribution in [0.4, 0.5) is 0 Å². The van der Waals surface area contributed by atoms with Crippen LogP contribution in [0.5, 0.6) is 0 Å². The Morgan fingerprint density at radius 2 is 2.40 bits per heavy atom. The van der Waals surface area contributed by atoms with E-state index in [1.165, 1.54) is 13.1 Å². The maximum Gasteiger partial charge on any atom is 0.00772 e. The SMILES string of the molecule is CCN1C[CH-]CNCC1.[Re]. The van der Waals surface area contributed by atoms with E-state index in [0.717, 1.165) is 19.6 Å². The van der Waals surface area contributed by atoms with Crippen LogP contribution in [0.25, 0.3) is 0 Å². The van der Waals surface area contributed by atoms with E-state index in [1.807, 2.05) is 0 Å². The molecular weight excluding hydrogens is 298 g/mol. The van der Waals surface area contributed by atoms with E-state index in [1.54, 1.807) is 0 Å². The van der Waals surface area contributed by atoms with Gasteiger partial charge in [-0.3, -0.25) is 0 Å². The van der Waals surface area contributed by atoms with Gasteiger partial charge in [-0.25, -0.2) is 0 Å². The van der Waals surface area contributed by atoms with Crippen LogP contribution >= 0.6 is 0 Å². The van der Waals surface area contributed by atoms with E-state index >= 15 is 0 Å². The fourth-order valence-corrected chi connectivity index (χ4v) is 1.07. The molecule has 0 atom stereocenters. The van der Waals surface area contributed by atoms with Crippen LogP contribution in [-0.4, -0.2) is 37.6 Å². The minimum Gasteiger partial charge on any atom is -0.345 e. The Labute approximate surface area is 77.0 Å². The van der Waals surface area contributed by atoms with Gasteiger partial charge in [0.15, 0.2) is 0 Å². The van der Waals surface area contributed by atoms with Gasteiger partial charge in [-0.1, -0.05) is 6.92 Å². The van der Waals surface area contributed by atoms with Crippen molar-refractivity contribution in [1.29, 1.82) is 0 Å². The third-order valence-corrected chi connectivity index (χ3v) is 1.73. The summed E-state index contributed by atoms with van der Waals surface area (Å²) < 4.78 is 0. The predicted molar refractivity (Wildman–Crippen MR) is 39.3 cm³/mol. The molecule has 0 aromatic heterocycles. The Morgan fingerprint density at radius 1 is 1.60 bits per heavy atom. The van der Waals surface area contributed by atoms with E-state index in [-0.39, 0.29) is 20.4 Å².